The molecule has 0 aliphatic rings. The molecule has 0 saturated carbocycles. The highest BCUT2D eigenvalue weighted by Crippen LogP contribution is 2.27. The van der Waals surface area contributed by atoms with Gasteiger partial charge in [0.05, 0.1) is 0 Å². The molecule has 0 atom stereocenters. The van der Waals surface area contributed by atoms with E-state index in [1.165, 1.54) is 12.1 Å². The van der Waals surface area contributed by atoms with Crippen LogP contribution < -0.4 is 0 Å². The van der Waals surface area contributed by atoms with Gasteiger partial charge in [-0.2, -0.15) is 8.78 Å². The third kappa shape index (κ3) is 2.13. The quantitative estimate of drug-likeness (QED) is 0.827. The van der Waals surface area contributed by atoms with Crippen molar-refractivity contribution in [1.82, 2.24) is 0 Å². The van der Waals surface area contributed by atoms with Crippen molar-refractivity contribution in [3.05, 3.63) is 33.4 Å². The lowest BCUT2D eigenvalue weighted by Gasteiger charge is -2.12. The van der Waals surface area contributed by atoms with Gasteiger partial charge in [-0.3, -0.25) is 0 Å². The number of halogens is 3. The van der Waals surface area contributed by atoms with E-state index in [-0.39, 0.29) is 5.56 Å². The number of hydrogen-bond donors (Lipinski definition) is 1. The number of aliphatic hydroxyl groups excluding tert-OH is 1. The largest absolute Gasteiger partial charge is 0.390 e. The molecule has 0 fully saturated rings. The van der Waals surface area contributed by atoms with E-state index in [9.17, 15) is 8.78 Å². The van der Waals surface area contributed by atoms with Gasteiger partial charge in [-0.25, -0.2) is 0 Å². The number of benzene rings is 1. The summed E-state index contributed by atoms with van der Waals surface area (Å²) in [7, 11) is 0. The number of alkyl halides is 2. The molecule has 0 saturated heterocycles. The Bertz CT molecular complexity index is 258. The average molecular weight is 284 g/mol. The predicted octanol–water partition coefficient (Wildman–Crippen LogP) is 2.38. The summed E-state index contributed by atoms with van der Waals surface area (Å²) in [6.07, 6.45) is 0. The van der Waals surface area contributed by atoms with Crippen molar-refractivity contribution < 1.29 is 13.9 Å². The van der Waals surface area contributed by atoms with Crippen LogP contribution in [0.1, 0.15) is 5.56 Å². The van der Waals surface area contributed by atoms with Gasteiger partial charge in [-0.05, 0) is 34.7 Å². The minimum Gasteiger partial charge on any atom is -0.390 e. The fourth-order valence-electron chi connectivity index (χ4n) is 0.785. The summed E-state index contributed by atoms with van der Waals surface area (Å²) in [5, 5.41) is 8.36. The minimum atomic E-state index is -3.12. The first kappa shape index (κ1) is 9.85. The van der Waals surface area contributed by atoms with E-state index in [1.54, 1.807) is 12.1 Å². The fourth-order valence-corrected chi connectivity index (χ4v) is 1.14. The first-order chi connectivity index (χ1) is 5.56. The Kier molecular flexibility index (Phi) is 3.00. The predicted molar refractivity (Wildman–Crippen MR) is 50.1 cm³/mol. The Morgan fingerprint density at radius 1 is 1.25 bits per heavy atom. The number of rotatable bonds is 2. The molecule has 1 aromatic rings. The molecule has 12 heavy (non-hydrogen) atoms. The van der Waals surface area contributed by atoms with Crippen molar-refractivity contribution in [1.29, 1.82) is 0 Å². The van der Waals surface area contributed by atoms with Crippen molar-refractivity contribution in [2.75, 3.05) is 6.61 Å². The zero-order valence-electron chi connectivity index (χ0n) is 6.10. The van der Waals surface area contributed by atoms with Gasteiger partial charge < -0.3 is 5.11 Å². The zero-order valence-corrected chi connectivity index (χ0v) is 8.26. The van der Waals surface area contributed by atoms with Crippen LogP contribution in [0.3, 0.4) is 0 Å². The van der Waals surface area contributed by atoms with Gasteiger partial charge in [-0.15, -0.1) is 0 Å². The SMILES string of the molecule is OCC(F)(F)c1ccc(I)cc1. The summed E-state index contributed by atoms with van der Waals surface area (Å²) in [6, 6.07) is 5.80. The molecule has 0 aliphatic heterocycles. The van der Waals surface area contributed by atoms with Gasteiger partial charge >= 0.3 is 0 Å². The van der Waals surface area contributed by atoms with E-state index >= 15 is 0 Å². The third-order valence-electron chi connectivity index (χ3n) is 1.47. The van der Waals surface area contributed by atoms with Crippen molar-refractivity contribution >= 4 is 22.6 Å². The lowest BCUT2D eigenvalue weighted by atomic mass is 10.1. The second kappa shape index (κ2) is 3.66. The van der Waals surface area contributed by atoms with Crippen molar-refractivity contribution in [2.24, 2.45) is 0 Å². The first-order valence-electron chi connectivity index (χ1n) is 3.31. The maximum Gasteiger partial charge on any atom is 0.295 e. The van der Waals surface area contributed by atoms with Crippen LogP contribution in [0.5, 0.6) is 0 Å². The summed E-state index contributed by atoms with van der Waals surface area (Å²) < 4.78 is 26.4. The van der Waals surface area contributed by atoms with E-state index in [4.69, 9.17) is 5.11 Å². The Morgan fingerprint density at radius 3 is 2.17 bits per heavy atom. The van der Waals surface area contributed by atoms with E-state index in [2.05, 4.69) is 0 Å². The molecule has 1 nitrogen and oxygen atoms in total. The second-order valence-corrected chi connectivity index (χ2v) is 3.62. The number of hydrogen-bond acceptors (Lipinski definition) is 1. The van der Waals surface area contributed by atoms with Crippen LogP contribution in [0.15, 0.2) is 24.3 Å². The Morgan fingerprint density at radius 2 is 1.75 bits per heavy atom. The zero-order chi connectivity index (χ0) is 9.19. The van der Waals surface area contributed by atoms with Gasteiger partial charge in [-0.1, -0.05) is 12.1 Å². The van der Waals surface area contributed by atoms with Gasteiger partial charge in [0.25, 0.3) is 5.92 Å². The standard InChI is InChI=1S/C8H7F2IO/c9-8(10,5-12)6-1-3-7(11)4-2-6/h1-4,12H,5H2. The summed E-state index contributed by atoms with van der Waals surface area (Å²) in [5.41, 5.74) is -0.148. The average Bonchev–Trinajstić information content (AvgIpc) is 2.05. The minimum absolute atomic E-state index is 0.148. The molecule has 0 aliphatic carbocycles. The molecule has 0 spiro atoms. The lowest BCUT2D eigenvalue weighted by molar-refractivity contribution is -0.0556. The Hall–Kier alpha value is -0.230. The first-order valence-corrected chi connectivity index (χ1v) is 4.39. The Balaban J connectivity index is 2.96. The molecule has 1 aromatic carbocycles. The maximum atomic E-state index is 12.8. The van der Waals surface area contributed by atoms with Crippen molar-refractivity contribution in [3.63, 3.8) is 0 Å². The van der Waals surface area contributed by atoms with Crippen LogP contribution in [-0.4, -0.2) is 11.7 Å². The molecule has 0 aromatic heterocycles. The molecule has 0 amide bonds. The van der Waals surface area contributed by atoms with E-state index in [1.807, 2.05) is 22.6 Å². The van der Waals surface area contributed by atoms with E-state index in [0.29, 0.717) is 0 Å². The second-order valence-electron chi connectivity index (χ2n) is 2.37. The molecule has 1 rings (SSSR count). The van der Waals surface area contributed by atoms with Crippen LogP contribution in [0.25, 0.3) is 0 Å². The topological polar surface area (TPSA) is 20.2 Å². The molecule has 1 N–H and O–H groups in total. The third-order valence-corrected chi connectivity index (χ3v) is 2.18. The molecule has 0 radical (unpaired) electrons. The fraction of sp³-hybridized carbons (Fsp3) is 0.250. The highest BCUT2D eigenvalue weighted by Gasteiger charge is 2.29. The van der Waals surface area contributed by atoms with Crippen molar-refractivity contribution in [2.45, 2.75) is 5.92 Å². The van der Waals surface area contributed by atoms with E-state index < -0.39 is 12.5 Å². The Labute approximate surface area is 82.5 Å². The molecule has 0 bridgehead atoms. The summed E-state index contributed by atoms with van der Waals surface area (Å²) >= 11 is 2.03. The molecular formula is C8H7F2IO. The molecular weight excluding hydrogens is 277 g/mol. The van der Waals surface area contributed by atoms with Crippen molar-refractivity contribution in [3.8, 4) is 0 Å². The summed E-state index contributed by atoms with van der Waals surface area (Å²) in [6.45, 7) is -1.15. The normalized spacial score (nSPS) is 11.7. The monoisotopic (exact) mass is 284 g/mol. The molecule has 4 heteroatoms. The molecule has 0 heterocycles. The maximum absolute atomic E-state index is 12.8. The highest BCUT2D eigenvalue weighted by molar-refractivity contribution is 14.1. The molecule has 0 unspecified atom stereocenters. The van der Waals surface area contributed by atoms with Crippen LogP contribution in [0, 0.1) is 3.57 Å². The smallest absolute Gasteiger partial charge is 0.295 e. The number of aliphatic hydroxyl groups is 1. The van der Waals surface area contributed by atoms with Gasteiger partial charge in [0, 0.05) is 9.13 Å². The molecule has 66 valence electrons. The highest BCUT2D eigenvalue weighted by atomic mass is 127. The lowest BCUT2D eigenvalue weighted by Crippen LogP contribution is -2.18. The van der Waals surface area contributed by atoms with Crippen LogP contribution in [0.2, 0.25) is 0 Å². The van der Waals surface area contributed by atoms with Crippen LogP contribution >= 0.6 is 22.6 Å². The van der Waals surface area contributed by atoms with Gasteiger partial charge in [0.2, 0.25) is 0 Å². The van der Waals surface area contributed by atoms with Crippen LogP contribution in [0.4, 0.5) is 8.78 Å². The van der Waals surface area contributed by atoms with Gasteiger partial charge in [0.1, 0.15) is 6.61 Å². The van der Waals surface area contributed by atoms with Crippen LogP contribution in [-0.2, 0) is 5.92 Å². The van der Waals surface area contributed by atoms with E-state index in [0.717, 1.165) is 3.57 Å². The summed E-state index contributed by atoms with van der Waals surface area (Å²) in [4.78, 5) is 0. The summed E-state index contributed by atoms with van der Waals surface area (Å²) in [5.74, 6) is -3.12. The van der Waals surface area contributed by atoms with Gasteiger partial charge in [0.15, 0.2) is 0 Å².